The van der Waals surface area contributed by atoms with Gasteiger partial charge in [0.15, 0.2) is 0 Å². The van der Waals surface area contributed by atoms with E-state index >= 15 is 0 Å². The minimum atomic E-state index is -0.0242. The van der Waals surface area contributed by atoms with E-state index in [2.05, 4.69) is 23.5 Å². The number of nitrogens with one attached hydrogen (secondary N) is 1. The summed E-state index contributed by atoms with van der Waals surface area (Å²) in [7, 11) is 0. The Kier molecular flexibility index (Phi) is 6.28. The van der Waals surface area contributed by atoms with Gasteiger partial charge in [0.2, 0.25) is 11.8 Å². The van der Waals surface area contributed by atoms with Crippen molar-refractivity contribution in [1.82, 2.24) is 4.90 Å². The van der Waals surface area contributed by atoms with Crippen LogP contribution in [0.15, 0.2) is 48.5 Å². The fourth-order valence-corrected chi connectivity index (χ4v) is 3.63. The van der Waals surface area contributed by atoms with E-state index in [-0.39, 0.29) is 17.7 Å². The maximum Gasteiger partial charge on any atom is 0.227 e. The van der Waals surface area contributed by atoms with Crippen LogP contribution in [0, 0.1) is 19.8 Å². The topological polar surface area (TPSA) is 49.4 Å². The van der Waals surface area contributed by atoms with Crippen molar-refractivity contribution in [2.24, 2.45) is 5.92 Å². The molecule has 0 unspecified atom stereocenters. The van der Waals surface area contributed by atoms with Crippen LogP contribution in [-0.2, 0) is 16.0 Å². The number of carbonyl (C=O) groups excluding carboxylic acids is 2. The van der Waals surface area contributed by atoms with Crippen molar-refractivity contribution in [3.8, 4) is 0 Å². The van der Waals surface area contributed by atoms with Crippen LogP contribution in [0.4, 0.5) is 5.69 Å². The molecule has 1 N–H and O–H groups in total. The van der Waals surface area contributed by atoms with Gasteiger partial charge in [-0.05, 0) is 50.3 Å². The lowest BCUT2D eigenvalue weighted by Crippen LogP contribution is -2.41. The number of likely N-dealkylation sites (tertiary alicyclic amines) is 1. The Morgan fingerprint density at radius 1 is 1.04 bits per heavy atom. The molecule has 4 heteroatoms. The third-order valence-corrected chi connectivity index (χ3v) is 5.33. The fraction of sp³-hybridized carbons (Fsp3) is 0.391. The Hall–Kier alpha value is -2.62. The Balaban J connectivity index is 1.46. The van der Waals surface area contributed by atoms with Crippen LogP contribution >= 0.6 is 0 Å². The van der Waals surface area contributed by atoms with E-state index in [9.17, 15) is 9.59 Å². The molecule has 2 aromatic rings. The number of carbonyl (C=O) groups is 2. The Morgan fingerprint density at radius 2 is 1.74 bits per heavy atom. The van der Waals surface area contributed by atoms with Gasteiger partial charge in [0.25, 0.3) is 0 Å². The first-order valence-corrected chi connectivity index (χ1v) is 9.73. The summed E-state index contributed by atoms with van der Waals surface area (Å²) in [6.45, 7) is 5.39. The summed E-state index contributed by atoms with van der Waals surface area (Å²) >= 11 is 0. The summed E-state index contributed by atoms with van der Waals surface area (Å²) in [4.78, 5) is 26.9. The van der Waals surface area contributed by atoms with Crippen LogP contribution in [0.25, 0.3) is 0 Å². The standard InChI is InChI=1S/C23H28N2O2/c1-17-8-10-21(18(2)16-17)24-23(27)20-12-14-25(15-13-20)22(26)11-9-19-6-4-3-5-7-19/h3-8,10,16,20H,9,11-15H2,1-2H3,(H,24,27). The minimum Gasteiger partial charge on any atom is -0.343 e. The molecule has 4 nitrogen and oxygen atoms in total. The molecular formula is C23H28N2O2. The zero-order valence-corrected chi connectivity index (χ0v) is 16.2. The van der Waals surface area contributed by atoms with Crippen LogP contribution in [-0.4, -0.2) is 29.8 Å². The number of aryl methyl sites for hydroxylation is 3. The molecule has 0 saturated carbocycles. The predicted molar refractivity (Wildman–Crippen MR) is 109 cm³/mol. The highest BCUT2D eigenvalue weighted by Crippen LogP contribution is 2.22. The number of benzene rings is 2. The molecule has 1 fully saturated rings. The van der Waals surface area contributed by atoms with Gasteiger partial charge in [-0.25, -0.2) is 0 Å². The van der Waals surface area contributed by atoms with Crippen molar-refractivity contribution in [2.45, 2.75) is 39.5 Å². The first kappa shape index (κ1) is 19.2. The van der Waals surface area contributed by atoms with E-state index in [0.29, 0.717) is 19.5 Å². The molecule has 1 heterocycles. The van der Waals surface area contributed by atoms with Gasteiger partial charge >= 0.3 is 0 Å². The largest absolute Gasteiger partial charge is 0.343 e. The zero-order valence-electron chi connectivity index (χ0n) is 16.2. The first-order valence-electron chi connectivity index (χ1n) is 9.73. The van der Waals surface area contributed by atoms with Crippen molar-refractivity contribution in [1.29, 1.82) is 0 Å². The highest BCUT2D eigenvalue weighted by Gasteiger charge is 2.27. The van der Waals surface area contributed by atoms with Crippen molar-refractivity contribution >= 4 is 17.5 Å². The van der Waals surface area contributed by atoms with Gasteiger partial charge in [0.1, 0.15) is 0 Å². The number of anilines is 1. The van der Waals surface area contributed by atoms with Crippen LogP contribution in [0.5, 0.6) is 0 Å². The molecule has 0 bridgehead atoms. The molecule has 1 aliphatic heterocycles. The van der Waals surface area contributed by atoms with E-state index < -0.39 is 0 Å². The SMILES string of the molecule is Cc1ccc(NC(=O)C2CCN(C(=O)CCc3ccccc3)CC2)c(C)c1. The van der Waals surface area contributed by atoms with Crippen molar-refractivity contribution in [3.63, 3.8) is 0 Å². The van der Waals surface area contributed by atoms with Crippen molar-refractivity contribution < 1.29 is 9.59 Å². The Bertz CT molecular complexity index is 793. The van der Waals surface area contributed by atoms with Gasteiger partial charge in [0, 0.05) is 31.1 Å². The molecule has 3 rings (SSSR count). The number of amides is 2. The Labute approximate surface area is 161 Å². The zero-order chi connectivity index (χ0) is 19.2. The van der Waals surface area contributed by atoms with Gasteiger partial charge in [-0.2, -0.15) is 0 Å². The number of nitrogens with zero attached hydrogens (tertiary/aromatic N) is 1. The van der Waals surface area contributed by atoms with Crippen LogP contribution < -0.4 is 5.32 Å². The number of piperidine rings is 1. The van der Waals surface area contributed by atoms with E-state index in [4.69, 9.17) is 0 Å². The maximum absolute atomic E-state index is 12.6. The average molecular weight is 364 g/mol. The molecule has 1 saturated heterocycles. The van der Waals surface area contributed by atoms with Crippen LogP contribution in [0.1, 0.15) is 36.0 Å². The number of hydrogen-bond donors (Lipinski definition) is 1. The normalized spacial score (nSPS) is 14.8. The molecule has 0 spiro atoms. The van der Waals surface area contributed by atoms with E-state index in [1.165, 1.54) is 11.1 Å². The summed E-state index contributed by atoms with van der Waals surface area (Å²) in [6.07, 6.45) is 2.76. The first-order chi connectivity index (χ1) is 13.0. The van der Waals surface area contributed by atoms with Crippen LogP contribution in [0.3, 0.4) is 0 Å². The van der Waals surface area contributed by atoms with Crippen molar-refractivity contribution in [3.05, 3.63) is 65.2 Å². The predicted octanol–water partition coefficient (Wildman–Crippen LogP) is 4.11. The highest BCUT2D eigenvalue weighted by molar-refractivity contribution is 5.93. The van der Waals surface area contributed by atoms with E-state index in [1.807, 2.05) is 49.1 Å². The maximum atomic E-state index is 12.6. The Morgan fingerprint density at radius 3 is 2.41 bits per heavy atom. The van der Waals surface area contributed by atoms with Gasteiger partial charge in [-0.15, -0.1) is 0 Å². The molecular weight excluding hydrogens is 336 g/mol. The summed E-state index contributed by atoms with van der Waals surface area (Å²) < 4.78 is 0. The van der Waals surface area contributed by atoms with Gasteiger partial charge in [-0.1, -0.05) is 48.0 Å². The monoisotopic (exact) mass is 364 g/mol. The van der Waals surface area contributed by atoms with E-state index in [0.717, 1.165) is 30.5 Å². The molecule has 2 amide bonds. The summed E-state index contributed by atoms with van der Waals surface area (Å²) in [6, 6.07) is 16.1. The van der Waals surface area contributed by atoms with E-state index in [1.54, 1.807) is 0 Å². The molecule has 0 atom stereocenters. The lowest BCUT2D eigenvalue weighted by molar-refractivity contribution is -0.134. The lowest BCUT2D eigenvalue weighted by Gasteiger charge is -2.31. The molecule has 1 aliphatic rings. The molecule has 0 aliphatic carbocycles. The molecule has 0 radical (unpaired) electrons. The second kappa shape index (κ2) is 8.85. The molecule has 2 aromatic carbocycles. The lowest BCUT2D eigenvalue weighted by atomic mass is 9.95. The molecule has 27 heavy (non-hydrogen) atoms. The second-order valence-corrected chi connectivity index (χ2v) is 7.45. The molecule has 0 aromatic heterocycles. The summed E-state index contributed by atoms with van der Waals surface area (Å²) in [5.74, 6) is 0.231. The number of hydrogen-bond acceptors (Lipinski definition) is 2. The summed E-state index contributed by atoms with van der Waals surface area (Å²) in [5, 5.41) is 3.06. The summed E-state index contributed by atoms with van der Waals surface area (Å²) in [5.41, 5.74) is 4.34. The third kappa shape index (κ3) is 5.19. The highest BCUT2D eigenvalue weighted by atomic mass is 16.2. The quantitative estimate of drug-likeness (QED) is 0.868. The third-order valence-electron chi connectivity index (χ3n) is 5.33. The van der Waals surface area contributed by atoms with Crippen molar-refractivity contribution in [2.75, 3.05) is 18.4 Å². The number of rotatable bonds is 5. The average Bonchev–Trinajstić information content (AvgIpc) is 2.69. The minimum absolute atomic E-state index is 0.0242. The van der Waals surface area contributed by atoms with Gasteiger partial charge in [0.05, 0.1) is 0 Å². The van der Waals surface area contributed by atoms with Gasteiger partial charge < -0.3 is 10.2 Å². The smallest absolute Gasteiger partial charge is 0.227 e. The second-order valence-electron chi connectivity index (χ2n) is 7.45. The molecule has 142 valence electrons. The van der Waals surface area contributed by atoms with Crippen LogP contribution in [0.2, 0.25) is 0 Å². The van der Waals surface area contributed by atoms with Gasteiger partial charge in [-0.3, -0.25) is 9.59 Å². The fourth-order valence-electron chi connectivity index (χ4n) is 3.63.